The third kappa shape index (κ3) is 5.13. The summed E-state index contributed by atoms with van der Waals surface area (Å²) in [4.78, 5) is 11.5. The molecule has 0 aliphatic rings. The lowest BCUT2D eigenvalue weighted by Crippen LogP contribution is -2.41. The van der Waals surface area contributed by atoms with E-state index in [9.17, 15) is 4.79 Å². The second-order valence-electron chi connectivity index (χ2n) is 5.21. The highest BCUT2D eigenvalue weighted by Gasteiger charge is 2.14. The van der Waals surface area contributed by atoms with Crippen molar-refractivity contribution in [1.29, 1.82) is 0 Å². The number of nitrogens with two attached hydrogens (primary N) is 1. The van der Waals surface area contributed by atoms with Crippen LogP contribution in [0.1, 0.15) is 46.0 Å². The van der Waals surface area contributed by atoms with Gasteiger partial charge in [0.25, 0.3) is 0 Å². The van der Waals surface area contributed by atoms with Gasteiger partial charge in [0, 0.05) is 18.5 Å². The van der Waals surface area contributed by atoms with Crippen molar-refractivity contribution in [1.82, 2.24) is 15.5 Å². The molecule has 0 aliphatic carbocycles. The molecule has 1 heterocycles. The Morgan fingerprint density at radius 2 is 2.11 bits per heavy atom. The Morgan fingerprint density at radius 3 is 2.61 bits per heavy atom. The number of anilines is 1. The quantitative estimate of drug-likeness (QED) is 0.718. The van der Waals surface area contributed by atoms with E-state index in [1.54, 1.807) is 6.92 Å². The lowest BCUT2D eigenvalue weighted by Gasteiger charge is -2.20. The molecule has 1 rings (SSSR count). The van der Waals surface area contributed by atoms with E-state index in [0.29, 0.717) is 18.9 Å². The predicted molar refractivity (Wildman–Crippen MR) is 67.9 cm³/mol. The van der Waals surface area contributed by atoms with E-state index < -0.39 is 0 Å². The fraction of sp³-hybridized carbons (Fsp3) is 0.727. The van der Waals surface area contributed by atoms with Crippen LogP contribution >= 0.6 is 0 Å². The van der Waals surface area contributed by atoms with E-state index in [-0.39, 0.29) is 23.5 Å². The van der Waals surface area contributed by atoms with Gasteiger partial charge in [-0.3, -0.25) is 4.79 Å². The van der Waals surface area contributed by atoms with Crippen molar-refractivity contribution in [2.75, 3.05) is 11.9 Å². The van der Waals surface area contributed by atoms with E-state index in [4.69, 9.17) is 10.2 Å². The van der Waals surface area contributed by atoms with Gasteiger partial charge in [-0.25, -0.2) is 0 Å². The van der Waals surface area contributed by atoms with Crippen molar-refractivity contribution >= 4 is 11.9 Å². The van der Waals surface area contributed by atoms with Crippen LogP contribution in [0.5, 0.6) is 0 Å². The van der Waals surface area contributed by atoms with Gasteiger partial charge in [-0.1, -0.05) is 5.10 Å². The number of nitrogens with zero attached hydrogens (tertiary/aromatic N) is 2. The molecule has 0 bridgehead atoms. The fourth-order valence-electron chi connectivity index (χ4n) is 1.25. The summed E-state index contributed by atoms with van der Waals surface area (Å²) in [5.41, 5.74) is 5.37. The molecular formula is C11H21N5O2. The van der Waals surface area contributed by atoms with Crippen LogP contribution in [0.4, 0.5) is 6.01 Å². The van der Waals surface area contributed by atoms with Gasteiger partial charge in [0.15, 0.2) is 0 Å². The summed E-state index contributed by atoms with van der Waals surface area (Å²) in [6.45, 7) is 8.00. The first-order valence-corrected chi connectivity index (χ1v) is 5.92. The Labute approximate surface area is 107 Å². The van der Waals surface area contributed by atoms with Crippen molar-refractivity contribution < 1.29 is 9.21 Å². The highest BCUT2D eigenvalue weighted by atomic mass is 16.4. The van der Waals surface area contributed by atoms with Gasteiger partial charge in [0.2, 0.25) is 11.8 Å². The molecular weight excluding hydrogens is 234 g/mol. The van der Waals surface area contributed by atoms with Gasteiger partial charge in [0.05, 0.1) is 6.04 Å². The summed E-state index contributed by atoms with van der Waals surface area (Å²) in [5.74, 6) is 0.346. The van der Waals surface area contributed by atoms with Crippen molar-refractivity contribution in [2.24, 2.45) is 5.73 Å². The van der Waals surface area contributed by atoms with Crippen LogP contribution < -0.4 is 16.4 Å². The molecule has 0 fully saturated rings. The van der Waals surface area contributed by atoms with Crippen LogP contribution in [0.15, 0.2) is 4.42 Å². The minimum Gasteiger partial charge on any atom is -0.406 e. The second-order valence-corrected chi connectivity index (χ2v) is 5.21. The minimum absolute atomic E-state index is 0.0260. The summed E-state index contributed by atoms with van der Waals surface area (Å²) in [5, 5.41) is 13.3. The Kier molecular flexibility index (Phi) is 4.66. The smallest absolute Gasteiger partial charge is 0.315 e. The zero-order chi connectivity index (χ0) is 13.8. The zero-order valence-corrected chi connectivity index (χ0v) is 11.3. The first-order valence-electron chi connectivity index (χ1n) is 5.92. The minimum atomic E-state index is -0.294. The molecule has 4 N–H and O–H groups in total. The average Bonchev–Trinajstić information content (AvgIpc) is 2.63. The fourth-order valence-corrected chi connectivity index (χ4v) is 1.25. The number of nitrogens with one attached hydrogen (secondary N) is 2. The summed E-state index contributed by atoms with van der Waals surface area (Å²) in [7, 11) is 0. The van der Waals surface area contributed by atoms with Gasteiger partial charge < -0.3 is 20.8 Å². The van der Waals surface area contributed by atoms with Gasteiger partial charge in [0.1, 0.15) is 0 Å². The Balaban J connectivity index is 2.31. The van der Waals surface area contributed by atoms with Crippen LogP contribution in [-0.4, -0.2) is 28.2 Å². The van der Waals surface area contributed by atoms with E-state index in [2.05, 4.69) is 20.8 Å². The van der Waals surface area contributed by atoms with Crippen LogP contribution in [0.2, 0.25) is 0 Å². The number of amides is 1. The molecule has 0 spiro atoms. The summed E-state index contributed by atoms with van der Waals surface area (Å²) in [6.07, 6.45) is 0.340. The average molecular weight is 255 g/mol. The van der Waals surface area contributed by atoms with Crippen molar-refractivity contribution in [3.05, 3.63) is 5.89 Å². The van der Waals surface area contributed by atoms with Crippen LogP contribution in [0, 0.1) is 0 Å². The number of carbonyl (C=O) groups excluding carboxylic acids is 1. The van der Waals surface area contributed by atoms with E-state index in [1.165, 1.54) is 0 Å². The molecule has 1 aromatic rings. The monoisotopic (exact) mass is 255 g/mol. The number of hydrogen-bond acceptors (Lipinski definition) is 6. The molecule has 18 heavy (non-hydrogen) atoms. The normalized spacial score (nSPS) is 13.2. The third-order valence-electron chi connectivity index (χ3n) is 1.97. The molecule has 1 amide bonds. The number of rotatable bonds is 5. The van der Waals surface area contributed by atoms with E-state index >= 15 is 0 Å². The molecule has 7 nitrogen and oxygen atoms in total. The van der Waals surface area contributed by atoms with Gasteiger partial charge in [-0.15, -0.1) is 5.10 Å². The van der Waals surface area contributed by atoms with Crippen LogP contribution in [0.3, 0.4) is 0 Å². The number of aromatic nitrogens is 2. The lowest BCUT2D eigenvalue weighted by atomic mass is 10.1. The molecule has 7 heteroatoms. The molecule has 0 saturated heterocycles. The van der Waals surface area contributed by atoms with Gasteiger partial charge in [-0.05, 0) is 27.7 Å². The summed E-state index contributed by atoms with van der Waals surface area (Å²) >= 11 is 0. The molecule has 1 unspecified atom stereocenters. The molecule has 1 aromatic heterocycles. The molecule has 0 aromatic carbocycles. The van der Waals surface area contributed by atoms with E-state index in [0.717, 1.165) is 0 Å². The Hall–Kier alpha value is -1.63. The van der Waals surface area contributed by atoms with Gasteiger partial charge in [-0.2, -0.15) is 0 Å². The molecule has 0 radical (unpaired) electrons. The predicted octanol–water partition coefficient (Wildman–Crippen LogP) is 0.806. The van der Waals surface area contributed by atoms with Crippen molar-refractivity contribution in [3.63, 3.8) is 0 Å². The molecule has 0 saturated carbocycles. The first kappa shape index (κ1) is 14.4. The highest BCUT2D eigenvalue weighted by Crippen LogP contribution is 2.10. The standard InChI is InChI=1S/C11H21N5O2/c1-7(12)9-15-16-10(18-9)13-6-5-8(17)14-11(2,3)4/h7H,5-6,12H2,1-4H3,(H,13,16)(H,14,17). The zero-order valence-electron chi connectivity index (χ0n) is 11.3. The number of hydrogen-bond donors (Lipinski definition) is 3. The highest BCUT2D eigenvalue weighted by molar-refractivity contribution is 5.77. The maximum absolute atomic E-state index is 11.5. The third-order valence-corrected chi connectivity index (χ3v) is 1.97. The summed E-state index contributed by atoms with van der Waals surface area (Å²) in [6, 6.07) is -0.0110. The van der Waals surface area contributed by atoms with Crippen LogP contribution in [0.25, 0.3) is 0 Å². The second kappa shape index (κ2) is 5.81. The van der Waals surface area contributed by atoms with Crippen molar-refractivity contribution in [2.45, 2.75) is 45.7 Å². The largest absolute Gasteiger partial charge is 0.406 e. The maximum Gasteiger partial charge on any atom is 0.315 e. The topological polar surface area (TPSA) is 106 Å². The summed E-state index contributed by atoms with van der Waals surface area (Å²) < 4.78 is 5.24. The molecule has 0 aliphatic heterocycles. The SMILES string of the molecule is CC(N)c1nnc(NCCC(=O)NC(C)(C)C)o1. The first-order chi connectivity index (χ1) is 8.28. The maximum atomic E-state index is 11.5. The Bertz CT molecular complexity index is 394. The van der Waals surface area contributed by atoms with Gasteiger partial charge >= 0.3 is 6.01 Å². The molecule has 1 atom stereocenters. The number of carbonyl (C=O) groups is 1. The Morgan fingerprint density at radius 1 is 1.44 bits per heavy atom. The lowest BCUT2D eigenvalue weighted by molar-refractivity contribution is -0.122. The van der Waals surface area contributed by atoms with Crippen LogP contribution in [-0.2, 0) is 4.79 Å². The van der Waals surface area contributed by atoms with Crippen molar-refractivity contribution in [3.8, 4) is 0 Å². The molecule has 102 valence electrons. The van der Waals surface area contributed by atoms with E-state index in [1.807, 2.05) is 20.8 Å².